The van der Waals surface area contributed by atoms with Gasteiger partial charge in [0, 0.05) is 24.0 Å². The fourth-order valence-electron chi connectivity index (χ4n) is 3.45. The summed E-state index contributed by atoms with van der Waals surface area (Å²) in [7, 11) is 0. The van der Waals surface area contributed by atoms with Gasteiger partial charge in [0.25, 0.3) is 5.91 Å². The van der Waals surface area contributed by atoms with Gasteiger partial charge in [-0.2, -0.15) is 0 Å². The molecule has 1 saturated heterocycles. The zero-order valence-corrected chi connectivity index (χ0v) is 11.3. The number of nitrogens with two attached hydrogens (primary N) is 1. The fraction of sp³-hybridized carbons (Fsp3) is 0.643. The van der Waals surface area contributed by atoms with E-state index in [0.717, 1.165) is 13.0 Å². The van der Waals surface area contributed by atoms with Crippen molar-refractivity contribution in [3.8, 4) is 0 Å². The van der Waals surface area contributed by atoms with Crippen molar-refractivity contribution in [3.63, 3.8) is 0 Å². The van der Waals surface area contributed by atoms with Crippen LogP contribution in [-0.4, -0.2) is 24.7 Å². The van der Waals surface area contributed by atoms with Crippen molar-refractivity contribution >= 4 is 5.91 Å². The Morgan fingerprint density at radius 1 is 1.58 bits per heavy atom. The molecule has 3 atom stereocenters. The number of carbonyl (C=O) groups excluding carboxylic acids is 1. The van der Waals surface area contributed by atoms with Crippen molar-refractivity contribution in [1.29, 1.82) is 0 Å². The van der Waals surface area contributed by atoms with Crippen LogP contribution in [0.5, 0.6) is 0 Å². The molecule has 1 saturated carbocycles. The quantitative estimate of drug-likeness (QED) is 0.862. The molecule has 1 aromatic rings. The van der Waals surface area contributed by atoms with E-state index in [1.165, 1.54) is 6.26 Å². The van der Waals surface area contributed by atoms with Crippen molar-refractivity contribution in [3.05, 3.63) is 23.7 Å². The van der Waals surface area contributed by atoms with E-state index in [-0.39, 0.29) is 23.5 Å². The van der Waals surface area contributed by atoms with Gasteiger partial charge in [-0.15, -0.1) is 0 Å². The maximum absolute atomic E-state index is 12.2. The van der Waals surface area contributed by atoms with Gasteiger partial charge in [0.2, 0.25) is 0 Å². The molecule has 1 aliphatic carbocycles. The molecule has 104 valence electrons. The van der Waals surface area contributed by atoms with Gasteiger partial charge >= 0.3 is 0 Å². The minimum Gasteiger partial charge on any atom is -0.467 e. The molecule has 3 N–H and O–H groups in total. The van der Waals surface area contributed by atoms with E-state index >= 15 is 0 Å². The monoisotopic (exact) mass is 264 g/mol. The summed E-state index contributed by atoms with van der Waals surface area (Å²) < 4.78 is 10.9. The number of hydrogen-bond acceptors (Lipinski definition) is 4. The number of fused-ring (bicyclic) bond motifs is 1. The summed E-state index contributed by atoms with van der Waals surface area (Å²) in [5.41, 5.74) is 6.01. The summed E-state index contributed by atoms with van der Waals surface area (Å²) in [5.74, 6) is 0.979. The number of hydrogen-bond donors (Lipinski definition) is 2. The third kappa shape index (κ3) is 1.88. The highest BCUT2D eigenvalue weighted by Crippen LogP contribution is 2.52. The van der Waals surface area contributed by atoms with Gasteiger partial charge in [-0.05, 0) is 12.5 Å². The van der Waals surface area contributed by atoms with E-state index in [2.05, 4.69) is 19.2 Å². The van der Waals surface area contributed by atoms with Crippen molar-refractivity contribution in [2.45, 2.75) is 39.0 Å². The van der Waals surface area contributed by atoms with Crippen LogP contribution in [0.25, 0.3) is 0 Å². The minimum atomic E-state index is -0.0909. The first-order chi connectivity index (χ1) is 9.04. The highest BCUT2D eigenvalue weighted by atomic mass is 16.5. The van der Waals surface area contributed by atoms with Crippen LogP contribution in [0.1, 0.15) is 36.4 Å². The maximum atomic E-state index is 12.2. The molecule has 0 aromatic carbocycles. The lowest BCUT2D eigenvalue weighted by molar-refractivity contribution is -0.108. The van der Waals surface area contributed by atoms with E-state index in [4.69, 9.17) is 14.9 Å². The van der Waals surface area contributed by atoms with Gasteiger partial charge in [0.1, 0.15) is 12.0 Å². The zero-order chi connectivity index (χ0) is 13.6. The number of ether oxygens (including phenoxy) is 1. The molecule has 0 spiro atoms. The van der Waals surface area contributed by atoms with E-state index < -0.39 is 0 Å². The molecule has 2 fully saturated rings. The molecular formula is C14H20N2O3. The van der Waals surface area contributed by atoms with Crippen LogP contribution in [0.4, 0.5) is 0 Å². The lowest BCUT2D eigenvalue weighted by atomic mass is 9.57. The molecule has 1 amide bonds. The summed E-state index contributed by atoms with van der Waals surface area (Å²) in [6, 6.07) is 1.87. The number of carbonyl (C=O) groups is 1. The van der Waals surface area contributed by atoms with Crippen LogP contribution in [-0.2, 0) is 11.3 Å². The number of amides is 1. The highest BCUT2D eigenvalue weighted by molar-refractivity contribution is 5.94. The molecule has 0 bridgehead atoms. The Hall–Kier alpha value is -1.33. The molecule has 0 radical (unpaired) electrons. The van der Waals surface area contributed by atoms with Crippen LogP contribution in [0, 0.1) is 11.3 Å². The normalized spacial score (nSPS) is 31.6. The van der Waals surface area contributed by atoms with Gasteiger partial charge in [-0.1, -0.05) is 13.8 Å². The molecule has 19 heavy (non-hydrogen) atoms. The topological polar surface area (TPSA) is 77.5 Å². The van der Waals surface area contributed by atoms with Gasteiger partial charge in [0.05, 0.1) is 18.2 Å². The lowest BCUT2D eigenvalue weighted by Crippen LogP contribution is -2.66. The fourth-order valence-corrected chi connectivity index (χ4v) is 3.45. The van der Waals surface area contributed by atoms with Crippen LogP contribution in [0.15, 0.2) is 16.7 Å². The lowest BCUT2D eigenvalue weighted by Gasteiger charge is -2.54. The maximum Gasteiger partial charge on any atom is 0.254 e. The summed E-state index contributed by atoms with van der Waals surface area (Å²) in [4.78, 5) is 12.2. The van der Waals surface area contributed by atoms with Gasteiger partial charge in [-0.25, -0.2) is 0 Å². The van der Waals surface area contributed by atoms with Gasteiger partial charge < -0.3 is 20.2 Å². The molecule has 2 heterocycles. The summed E-state index contributed by atoms with van der Waals surface area (Å²) in [5, 5.41) is 3.11. The molecule has 1 aliphatic heterocycles. The van der Waals surface area contributed by atoms with Crippen molar-refractivity contribution < 1.29 is 13.9 Å². The molecule has 5 heteroatoms. The SMILES string of the molecule is CC1(C)C(NC(=O)c2coc(CN)c2)C2CCOC21. The standard InChI is InChI=1S/C14H20N2O3/c1-14(2)11(10-3-4-18-12(10)14)16-13(17)8-5-9(6-15)19-7-8/h5,7,10-12H,3-4,6,15H2,1-2H3,(H,16,17). The van der Waals surface area contributed by atoms with E-state index in [1.54, 1.807) is 6.07 Å². The second kappa shape index (κ2) is 4.35. The Balaban J connectivity index is 1.69. The molecule has 2 aliphatic rings. The van der Waals surface area contributed by atoms with Crippen LogP contribution in [0.3, 0.4) is 0 Å². The smallest absolute Gasteiger partial charge is 0.254 e. The largest absolute Gasteiger partial charge is 0.467 e. The van der Waals surface area contributed by atoms with Crippen molar-refractivity contribution in [2.75, 3.05) is 6.61 Å². The molecule has 3 unspecified atom stereocenters. The first-order valence-electron chi connectivity index (χ1n) is 6.74. The number of nitrogens with one attached hydrogen (secondary N) is 1. The second-order valence-corrected chi connectivity index (χ2v) is 6.02. The predicted molar refractivity (Wildman–Crippen MR) is 69.5 cm³/mol. The summed E-state index contributed by atoms with van der Waals surface area (Å²) in [6.45, 7) is 5.39. The molecule has 5 nitrogen and oxygen atoms in total. The Kier molecular flexibility index (Phi) is 2.91. The summed E-state index contributed by atoms with van der Waals surface area (Å²) >= 11 is 0. The van der Waals surface area contributed by atoms with Gasteiger partial charge in [-0.3, -0.25) is 4.79 Å². The number of furan rings is 1. The number of rotatable bonds is 3. The average molecular weight is 264 g/mol. The molecule has 1 aromatic heterocycles. The van der Waals surface area contributed by atoms with E-state index in [9.17, 15) is 4.79 Å². The van der Waals surface area contributed by atoms with Crippen molar-refractivity contribution in [1.82, 2.24) is 5.32 Å². The molecular weight excluding hydrogens is 244 g/mol. The minimum absolute atomic E-state index is 0.00272. The average Bonchev–Trinajstić information content (AvgIpc) is 3.03. The third-order valence-corrected chi connectivity index (χ3v) is 4.50. The highest BCUT2D eigenvalue weighted by Gasteiger charge is 2.59. The van der Waals surface area contributed by atoms with E-state index in [1.807, 2.05) is 0 Å². The Morgan fingerprint density at radius 3 is 3.05 bits per heavy atom. The zero-order valence-electron chi connectivity index (χ0n) is 11.3. The Morgan fingerprint density at radius 2 is 2.37 bits per heavy atom. The first-order valence-corrected chi connectivity index (χ1v) is 6.74. The van der Waals surface area contributed by atoms with Crippen molar-refractivity contribution in [2.24, 2.45) is 17.1 Å². The van der Waals surface area contributed by atoms with Crippen LogP contribution < -0.4 is 11.1 Å². The van der Waals surface area contributed by atoms with Crippen LogP contribution >= 0.6 is 0 Å². The predicted octanol–water partition coefficient (Wildman–Crippen LogP) is 1.28. The van der Waals surface area contributed by atoms with Crippen LogP contribution in [0.2, 0.25) is 0 Å². The molecule has 3 rings (SSSR count). The van der Waals surface area contributed by atoms with E-state index in [0.29, 0.717) is 23.8 Å². The van der Waals surface area contributed by atoms with Gasteiger partial charge in [0.15, 0.2) is 0 Å². The Bertz CT molecular complexity index is 495. The summed E-state index contributed by atoms with van der Waals surface area (Å²) in [6.07, 6.45) is 2.77. The third-order valence-electron chi connectivity index (χ3n) is 4.50. The Labute approximate surface area is 112 Å². The second-order valence-electron chi connectivity index (χ2n) is 6.02. The first kappa shape index (κ1) is 12.7.